The van der Waals surface area contributed by atoms with Crippen LogP contribution in [0.4, 0.5) is 0 Å². The molecule has 4 heterocycles. The fraction of sp³-hybridized carbons (Fsp3) is 0.304. The summed E-state index contributed by atoms with van der Waals surface area (Å²) < 4.78 is 11.7. The SMILES string of the molecule is Cc1ccc2oc([C@H]3CC(CC(=O)c4nnc(-c5cn[nH]c5)o4)CCc4[nH]cnc43)nc2c1. The number of hydrogen-bond acceptors (Lipinski definition) is 8. The molecule has 1 aromatic carbocycles. The summed E-state index contributed by atoms with van der Waals surface area (Å²) in [6.07, 6.45) is 7.55. The highest BCUT2D eigenvalue weighted by Crippen LogP contribution is 2.39. The maximum absolute atomic E-state index is 13.0. The third kappa shape index (κ3) is 3.63. The molecule has 1 unspecified atom stereocenters. The van der Waals surface area contributed by atoms with E-state index in [9.17, 15) is 4.79 Å². The number of aromatic nitrogens is 7. The Morgan fingerprint density at radius 2 is 2.18 bits per heavy atom. The van der Waals surface area contributed by atoms with Crippen molar-refractivity contribution in [2.75, 3.05) is 0 Å². The molecule has 0 saturated carbocycles. The number of aryl methyl sites for hydroxylation is 2. The van der Waals surface area contributed by atoms with Crippen LogP contribution in [0.1, 0.15) is 58.7 Å². The van der Waals surface area contributed by atoms with Gasteiger partial charge in [0.2, 0.25) is 11.7 Å². The zero-order valence-corrected chi connectivity index (χ0v) is 17.9. The molecule has 2 atom stereocenters. The van der Waals surface area contributed by atoms with Gasteiger partial charge in [-0.1, -0.05) is 6.07 Å². The van der Waals surface area contributed by atoms with Crippen molar-refractivity contribution in [2.45, 2.75) is 38.5 Å². The first-order chi connectivity index (χ1) is 16.1. The summed E-state index contributed by atoms with van der Waals surface area (Å²) in [7, 11) is 0. The number of fused-ring (bicyclic) bond motifs is 2. The predicted octanol–water partition coefficient (Wildman–Crippen LogP) is 3.99. The summed E-state index contributed by atoms with van der Waals surface area (Å²) in [6, 6.07) is 5.96. The quantitative estimate of drug-likeness (QED) is 0.307. The van der Waals surface area contributed by atoms with E-state index in [4.69, 9.17) is 13.8 Å². The lowest BCUT2D eigenvalue weighted by Crippen LogP contribution is -2.13. The highest BCUT2D eigenvalue weighted by molar-refractivity contribution is 5.91. The van der Waals surface area contributed by atoms with E-state index in [0.717, 1.165) is 40.9 Å². The number of hydrogen-bond donors (Lipinski definition) is 2. The molecule has 0 bridgehead atoms. The molecule has 0 amide bonds. The van der Waals surface area contributed by atoms with Gasteiger partial charge in [-0.25, -0.2) is 9.97 Å². The van der Waals surface area contributed by atoms with Crippen molar-refractivity contribution in [3.8, 4) is 11.5 Å². The van der Waals surface area contributed by atoms with Gasteiger partial charge in [-0.2, -0.15) is 5.10 Å². The smallest absolute Gasteiger partial charge is 0.284 e. The third-order valence-electron chi connectivity index (χ3n) is 6.19. The van der Waals surface area contributed by atoms with Crippen LogP contribution in [0.2, 0.25) is 0 Å². The van der Waals surface area contributed by atoms with Crippen molar-refractivity contribution in [2.24, 2.45) is 5.92 Å². The molecular formula is C23H21N7O3. The molecule has 0 aliphatic heterocycles. The molecule has 0 saturated heterocycles. The number of H-pyrrole nitrogens is 2. The number of carbonyl (C=O) groups excluding carboxylic acids is 1. The molecule has 1 aliphatic rings. The first-order valence-electron chi connectivity index (χ1n) is 10.9. The largest absolute Gasteiger partial charge is 0.440 e. The number of nitrogens with zero attached hydrogens (tertiary/aromatic N) is 5. The average molecular weight is 443 g/mol. The van der Waals surface area contributed by atoms with Crippen LogP contribution in [-0.2, 0) is 6.42 Å². The van der Waals surface area contributed by atoms with Gasteiger partial charge in [-0.15, -0.1) is 10.2 Å². The van der Waals surface area contributed by atoms with Crippen LogP contribution in [0.25, 0.3) is 22.6 Å². The van der Waals surface area contributed by atoms with Crippen molar-refractivity contribution < 1.29 is 13.6 Å². The number of benzene rings is 1. The molecule has 10 heteroatoms. The minimum Gasteiger partial charge on any atom is -0.440 e. The van der Waals surface area contributed by atoms with Crippen molar-refractivity contribution in [1.29, 1.82) is 0 Å². The van der Waals surface area contributed by atoms with E-state index >= 15 is 0 Å². The van der Waals surface area contributed by atoms with Gasteiger partial charge in [-0.3, -0.25) is 9.89 Å². The Labute approximate surface area is 187 Å². The van der Waals surface area contributed by atoms with Gasteiger partial charge >= 0.3 is 0 Å². The second kappa shape index (κ2) is 7.80. The summed E-state index contributed by atoms with van der Waals surface area (Å²) in [4.78, 5) is 25.5. The number of Topliss-reactive ketones (excluding diaryl/α,β-unsaturated/α-hetero) is 1. The molecule has 2 N–H and O–H groups in total. The van der Waals surface area contributed by atoms with Crippen molar-refractivity contribution in [3.63, 3.8) is 0 Å². The van der Waals surface area contributed by atoms with E-state index in [1.54, 1.807) is 18.7 Å². The number of carbonyl (C=O) groups is 1. The van der Waals surface area contributed by atoms with Gasteiger partial charge in [0.05, 0.1) is 29.7 Å². The summed E-state index contributed by atoms with van der Waals surface area (Å²) in [6.45, 7) is 2.03. The number of oxazole rings is 1. The maximum Gasteiger partial charge on any atom is 0.284 e. The lowest BCUT2D eigenvalue weighted by molar-refractivity contribution is 0.0921. The van der Waals surface area contributed by atoms with Gasteiger partial charge in [0, 0.05) is 18.3 Å². The van der Waals surface area contributed by atoms with Crippen LogP contribution >= 0.6 is 0 Å². The zero-order chi connectivity index (χ0) is 22.4. The Balaban J connectivity index is 1.26. The standard InChI is InChI=1S/C23H21N7O3/c1-12-2-5-19-17(6-12)28-22(32-19)15-7-13(3-4-16-20(15)25-11-24-16)8-18(31)23-30-29-21(33-23)14-9-26-27-10-14/h2,5-6,9-11,13,15H,3-4,7-8H2,1H3,(H,24,25)(H,26,27)/t13?,15-/m0/s1. The van der Waals surface area contributed by atoms with Crippen molar-refractivity contribution >= 4 is 16.9 Å². The molecule has 0 spiro atoms. The zero-order valence-electron chi connectivity index (χ0n) is 17.9. The average Bonchev–Trinajstić information content (AvgIpc) is 3.60. The third-order valence-corrected chi connectivity index (χ3v) is 6.19. The van der Waals surface area contributed by atoms with Crippen molar-refractivity contribution in [3.05, 3.63) is 65.7 Å². The summed E-state index contributed by atoms with van der Waals surface area (Å²) >= 11 is 0. The molecule has 6 rings (SSSR count). The van der Waals surface area contributed by atoms with E-state index in [2.05, 4.69) is 30.4 Å². The van der Waals surface area contributed by atoms with Crippen LogP contribution in [0.5, 0.6) is 0 Å². The van der Waals surface area contributed by atoms with Gasteiger partial charge < -0.3 is 13.8 Å². The van der Waals surface area contributed by atoms with Gasteiger partial charge in [0.25, 0.3) is 11.8 Å². The van der Waals surface area contributed by atoms with Crippen LogP contribution < -0.4 is 0 Å². The van der Waals surface area contributed by atoms with E-state index in [-0.39, 0.29) is 29.4 Å². The van der Waals surface area contributed by atoms with E-state index in [1.807, 2.05) is 25.1 Å². The minimum atomic E-state index is -0.173. The van der Waals surface area contributed by atoms with Gasteiger partial charge in [0.15, 0.2) is 5.58 Å². The monoisotopic (exact) mass is 443 g/mol. The van der Waals surface area contributed by atoms with Crippen LogP contribution in [0.15, 0.2) is 45.8 Å². The van der Waals surface area contributed by atoms with E-state index < -0.39 is 0 Å². The lowest BCUT2D eigenvalue weighted by atomic mass is 9.89. The van der Waals surface area contributed by atoms with Crippen LogP contribution in [0, 0.1) is 12.8 Å². The Morgan fingerprint density at radius 3 is 3.06 bits per heavy atom. The summed E-state index contributed by atoms with van der Waals surface area (Å²) in [5, 5.41) is 14.5. The first-order valence-corrected chi connectivity index (χ1v) is 10.9. The Kier molecular flexibility index (Phi) is 4.63. The molecule has 4 aromatic heterocycles. The Morgan fingerprint density at radius 1 is 1.24 bits per heavy atom. The number of aromatic amines is 2. The van der Waals surface area contributed by atoms with Crippen LogP contribution in [-0.4, -0.2) is 41.1 Å². The number of imidazole rings is 1. The second-order valence-electron chi connectivity index (χ2n) is 8.51. The molecule has 166 valence electrons. The molecular weight excluding hydrogens is 422 g/mol. The fourth-order valence-corrected chi connectivity index (χ4v) is 4.52. The fourth-order valence-electron chi connectivity index (χ4n) is 4.52. The number of nitrogens with one attached hydrogen (secondary N) is 2. The van der Waals surface area contributed by atoms with Gasteiger partial charge in [-0.05, 0) is 49.8 Å². The second-order valence-corrected chi connectivity index (χ2v) is 8.51. The van der Waals surface area contributed by atoms with E-state index in [1.165, 1.54) is 0 Å². The number of ketones is 1. The van der Waals surface area contributed by atoms with Crippen molar-refractivity contribution in [1.82, 2.24) is 35.3 Å². The highest BCUT2D eigenvalue weighted by Gasteiger charge is 2.33. The molecule has 10 nitrogen and oxygen atoms in total. The Bertz CT molecular complexity index is 1430. The van der Waals surface area contributed by atoms with Gasteiger partial charge in [0.1, 0.15) is 5.52 Å². The maximum atomic E-state index is 13.0. The predicted molar refractivity (Wildman–Crippen MR) is 116 cm³/mol. The topological polar surface area (TPSA) is 139 Å². The number of rotatable bonds is 5. The lowest BCUT2D eigenvalue weighted by Gasteiger charge is -2.16. The van der Waals surface area contributed by atoms with Crippen LogP contribution in [0.3, 0.4) is 0 Å². The minimum absolute atomic E-state index is 0.0148. The summed E-state index contributed by atoms with van der Waals surface area (Å²) in [5.74, 6) is 0.693. The molecule has 5 aromatic rings. The Hall–Kier alpha value is -4.08. The highest BCUT2D eigenvalue weighted by atomic mass is 16.4. The normalized spacial score (nSPS) is 18.3. The molecule has 1 aliphatic carbocycles. The van der Waals surface area contributed by atoms with E-state index in [0.29, 0.717) is 24.3 Å². The summed E-state index contributed by atoms with van der Waals surface area (Å²) in [5.41, 5.74) is 5.36. The molecule has 0 radical (unpaired) electrons. The first kappa shape index (κ1) is 19.6. The molecule has 33 heavy (non-hydrogen) atoms. The molecule has 0 fully saturated rings.